The van der Waals surface area contributed by atoms with E-state index in [-0.39, 0.29) is 0 Å². The number of para-hydroxylation sites is 4. The summed E-state index contributed by atoms with van der Waals surface area (Å²) < 4.78 is 10.3. The third-order valence-corrected chi connectivity index (χ3v) is 23.4. The van der Waals surface area contributed by atoms with Gasteiger partial charge in [0.25, 0.3) is 0 Å². The number of fused-ring (bicyclic) bond motifs is 9. The van der Waals surface area contributed by atoms with E-state index >= 15 is 0 Å². The number of rotatable bonds is 6. The van der Waals surface area contributed by atoms with Gasteiger partial charge in [0.05, 0.1) is 0 Å². The maximum absolute atomic E-state index is 5.79. The molecule has 0 saturated heterocycles. The van der Waals surface area contributed by atoms with Crippen molar-refractivity contribution in [2.75, 3.05) is 0 Å². The van der Waals surface area contributed by atoms with Crippen LogP contribution in [0.1, 0.15) is 0 Å². The van der Waals surface area contributed by atoms with Crippen LogP contribution in [0.5, 0.6) is 0 Å². The van der Waals surface area contributed by atoms with Crippen LogP contribution in [-0.4, -0.2) is 32.4 Å². The third-order valence-electron chi connectivity index (χ3n) is 13.2. The predicted molar refractivity (Wildman–Crippen MR) is 264 cm³/mol. The first-order valence-corrected chi connectivity index (χ1v) is 25.8. The Morgan fingerprint density at radius 3 is 1.44 bits per heavy atom. The molecule has 0 amide bonds. The molecule has 12 aromatic rings. The molecule has 63 heavy (non-hydrogen) atoms. The Labute approximate surface area is 367 Å². The summed E-state index contributed by atoms with van der Waals surface area (Å²) >= 11 is -3.84. The van der Waals surface area contributed by atoms with Crippen molar-refractivity contribution >= 4 is 74.5 Å². The minimum absolute atomic E-state index is 0.728. The number of nitrogens with zero attached hydrogens (tertiary/aromatic N) is 4. The van der Waals surface area contributed by atoms with E-state index in [1.165, 1.54) is 55.7 Å². The van der Waals surface area contributed by atoms with Crippen molar-refractivity contribution in [3.05, 3.63) is 231 Å². The van der Waals surface area contributed by atoms with Gasteiger partial charge in [-0.2, -0.15) is 0 Å². The fraction of sp³-hybridized carbons (Fsp3) is 0. The Morgan fingerprint density at radius 2 is 0.810 bits per heavy atom. The first-order chi connectivity index (χ1) is 31.3. The molecule has 0 spiro atoms. The van der Waals surface area contributed by atoms with E-state index in [1.807, 2.05) is 0 Å². The van der Waals surface area contributed by atoms with Crippen LogP contribution in [0.4, 0.5) is 0 Å². The first kappa shape index (κ1) is 35.9. The van der Waals surface area contributed by atoms with E-state index < -0.39 is 13.3 Å². The van der Waals surface area contributed by atoms with Gasteiger partial charge in [-0.15, -0.1) is 0 Å². The molecule has 0 unspecified atom stereocenters. The van der Waals surface area contributed by atoms with Gasteiger partial charge in [-0.25, -0.2) is 0 Å². The molecule has 4 nitrogen and oxygen atoms in total. The maximum atomic E-state index is 5.79. The van der Waals surface area contributed by atoms with E-state index in [0.717, 1.165) is 50.7 Å². The molecule has 9 aromatic carbocycles. The molecule has 3 aromatic heterocycles. The van der Waals surface area contributed by atoms with Crippen LogP contribution in [0.15, 0.2) is 231 Å². The Kier molecular flexibility index (Phi) is 8.05. The van der Waals surface area contributed by atoms with E-state index in [0.29, 0.717) is 0 Å². The Morgan fingerprint density at radius 1 is 0.349 bits per heavy atom. The summed E-state index contributed by atoms with van der Waals surface area (Å²) in [5.41, 5.74) is 12.2. The second kappa shape index (κ2) is 14.1. The van der Waals surface area contributed by atoms with Gasteiger partial charge in [0, 0.05) is 0 Å². The molecule has 0 fully saturated rings. The van der Waals surface area contributed by atoms with Crippen LogP contribution in [0.2, 0.25) is 0 Å². The average molecular weight is 864 g/mol. The summed E-state index contributed by atoms with van der Waals surface area (Å²) in [6.07, 6.45) is 0. The molecular formula is C58H38GeN4. The summed E-state index contributed by atoms with van der Waals surface area (Å²) in [5, 5.41) is 4.86. The molecule has 0 saturated carbocycles. The molecule has 0 aliphatic carbocycles. The Hall–Kier alpha value is -7.80. The topological polar surface area (TPSA) is 35.6 Å². The molecule has 13 rings (SSSR count). The molecular weight excluding hydrogens is 825 g/mol. The summed E-state index contributed by atoms with van der Waals surface area (Å²) in [6, 6.07) is 84.2. The van der Waals surface area contributed by atoms with Gasteiger partial charge < -0.3 is 0 Å². The zero-order valence-corrected chi connectivity index (χ0v) is 36.3. The minimum atomic E-state index is -3.84. The number of hydrogen-bond acceptors (Lipinski definition) is 2. The summed E-state index contributed by atoms with van der Waals surface area (Å²) in [4.78, 5) is 11.4. The fourth-order valence-electron chi connectivity index (χ4n) is 10.6. The van der Waals surface area contributed by atoms with Gasteiger partial charge in [0.15, 0.2) is 0 Å². The van der Waals surface area contributed by atoms with Crippen LogP contribution >= 0.6 is 0 Å². The van der Waals surface area contributed by atoms with Gasteiger partial charge in [-0.05, 0) is 0 Å². The normalized spacial score (nSPS) is 12.9. The van der Waals surface area contributed by atoms with Crippen molar-refractivity contribution in [3.63, 3.8) is 0 Å². The first-order valence-electron chi connectivity index (χ1n) is 21.6. The van der Waals surface area contributed by atoms with Crippen LogP contribution in [0.25, 0.3) is 88.9 Å². The molecule has 1 aliphatic rings. The molecule has 0 atom stereocenters. The van der Waals surface area contributed by atoms with E-state index in [1.54, 1.807) is 0 Å². The molecule has 5 heteroatoms. The molecule has 4 heterocycles. The summed E-state index contributed by atoms with van der Waals surface area (Å²) in [7, 11) is 0. The quantitative estimate of drug-likeness (QED) is 0.156. The molecule has 0 radical (unpaired) electrons. The van der Waals surface area contributed by atoms with E-state index in [9.17, 15) is 0 Å². The van der Waals surface area contributed by atoms with Crippen molar-refractivity contribution in [1.82, 2.24) is 19.1 Å². The van der Waals surface area contributed by atoms with Crippen LogP contribution in [0, 0.1) is 0 Å². The van der Waals surface area contributed by atoms with Crippen LogP contribution in [-0.2, 0) is 0 Å². The molecule has 1 aliphatic heterocycles. The van der Waals surface area contributed by atoms with Gasteiger partial charge in [0.1, 0.15) is 0 Å². The zero-order valence-electron chi connectivity index (χ0n) is 34.2. The van der Waals surface area contributed by atoms with Crippen molar-refractivity contribution < 1.29 is 0 Å². The molecule has 294 valence electrons. The number of benzene rings is 9. The monoisotopic (exact) mass is 864 g/mol. The SMILES string of the molecule is c1ccc(-c2nc(-c3ccccc3-n3c4ccccc4c4cc5c(cc43)c3ccccc3n5-c3ccccc3)[c]3c(n2)-c2cccc[c]2[Ge]3([c]2ccccc2)[c]2ccccc2)cc1. The fourth-order valence-corrected chi connectivity index (χ4v) is 21.6. The van der Waals surface area contributed by atoms with Gasteiger partial charge in [0.2, 0.25) is 0 Å². The zero-order chi connectivity index (χ0) is 41.5. The van der Waals surface area contributed by atoms with Crippen molar-refractivity contribution in [1.29, 1.82) is 0 Å². The van der Waals surface area contributed by atoms with Crippen LogP contribution < -0.4 is 17.6 Å². The standard InChI is InChI=1S/C58H38GeN4/c1-5-21-39(22-6-1)58-60-56-45-31-13-17-33-49(45)59(40-23-7-2-8-24-40,41-25-9-3-10-26-41)55(56)57(61-58)46-32-16-20-36-52(46)63-51-35-19-15-30-44(51)48-37-53-47(38-54(48)63)43-29-14-18-34-50(43)62(53)42-27-11-4-12-28-42/h1-38H. The predicted octanol–water partition coefficient (Wildman–Crippen LogP) is 11.4. The number of aromatic nitrogens is 4. The van der Waals surface area contributed by atoms with Crippen molar-refractivity contribution in [2.45, 2.75) is 0 Å². The molecule has 0 bridgehead atoms. The van der Waals surface area contributed by atoms with Gasteiger partial charge in [-0.3, -0.25) is 0 Å². The van der Waals surface area contributed by atoms with Crippen LogP contribution in [0.3, 0.4) is 0 Å². The van der Waals surface area contributed by atoms with Crippen molar-refractivity contribution in [3.8, 4) is 45.3 Å². The van der Waals surface area contributed by atoms with Crippen molar-refractivity contribution in [2.24, 2.45) is 0 Å². The Balaban J connectivity index is 1.17. The summed E-state index contributed by atoms with van der Waals surface area (Å²) in [5.74, 6) is 0.728. The Bertz CT molecular complexity index is 3690. The second-order valence-corrected chi connectivity index (χ2v) is 24.2. The average Bonchev–Trinajstić information content (AvgIpc) is 3.98. The number of hydrogen-bond donors (Lipinski definition) is 0. The van der Waals surface area contributed by atoms with E-state index in [2.05, 4.69) is 240 Å². The van der Waals surface area contributed by atoms with Gasteiger partial charge >= 0.3 is 351 Å². The third kappa shape index (κ3) is 5.22. The molecule has 0 N–H and O–H groups in total. The second-order valence-electron chi connectivity index (χ2n) is 16.5. The van der Waals surface area contributed by atoms with E-state index in [4.69, 9.17) is 9.97 Å². The summed E-state index contributed by atoms with van der Waals surface area (Å²) in [6.45, 7) is 0. The van der Waals surface area contributed by atoms with Gasteiger partial charge in [-0.1, -0.05) is 18.2 Å².